The highest BCUT2D eigenvalue weighted by atomic mass is 35.5. The van der Waals surface area contributed by atoms with E-state index in [0.717, 1.165) is 22.3 Å². The van der Waals surface area contributed by atoms with Crippen LogP contribution in [0.4, 0.5) is 5.82 Å². The predicted octanol–water partition coefficient (Wildman–Crippen LogP) is 4.09. The fourth-order valence-electron chi connectivity index (χ4n) is 2.82. The molecule has 0 spiro atoms. The molecule has 2 aromatic carbocycles. The van der Waals surface area contributed by atoms with Crippen LogP contribution in [0.15, 0.2) is 54.6 Å². The monoisotopic (exact) mass is 349 g/mol. The minimum absolute atomic E-state index is 0.379. The lowest BCUT2D eigenvalue weighted by Gasteiger charge is -2.07. The molecule has 4 rings (SSSR count). The highest BCUT2D eigenvalue weighted by Gasteiger charge is 2.15. The van der Waals surface area contributed by atoms with Gasteiger partial charge in [-0.1, -0.05) is 54.1 Å². The molecule has 6 heteroatoms. The van der Waals surface area contributed by atoms with Crippen LogP contribution in [0.5, 0.6) is 0 Å². The molecule has 0 aliphatic carbocycles. The van der Waals surface area contributed by atoms with E-state index in [1.165, 1.54) is 0 Å². The Labute approximate surface area is 150 Å². The second-order valence-electron chi connectivity index (χ2n) is 5.87. The summed E-state index contributed by atoms with van der Waals surface area (Å²) in [6.07, 6.45) is 0. The van der Waals surface area contributed by atoms with E-state index in [-0.39, 0.29) is 0 Å². The van der Waals surface area contributed by atoms with Gasteiger partial charge in [-0.15, -0.1) is 0 Å². The third-order valence-corrected chi connectivity index (χ3v) is 4.31. The standard InChI is InChI=1S/C19H16ClN5/c1-12-16-19(25(24-12)11-13-5-3-2-4-6-13)23-18(21)17(22-16)14-7-9-15(20)10-8-14/h2-10H,11H2,1H3,(H2,21,23). The molecule has 4 aromatic rings. The van der Waals surface area contributed by atoms with Gasteiger partial charge in [-0.05, 0) is 24.6 Å². The van der Waals surface area contributed by atoms with Gasteiger partial charge in [0.05, 0.1) is 12.2 Å². The van der Waals surface area contributed by atoms with Crippen LogP contribution in [-0.2, 0) is 6.54 Å². The molecular formula is C19H16ClN5. The average Bonchev–Trinajstić information content (AvgIpc) is 2.91. The number of benzene rings is 2. The van der Waals surface area contributed by atoms with E-state index >= 15 is 0 Å². The third kappa shape index (κ3) is 2.94. The molecule has 0 aliphatic heterocycles. The molecule has 0 aliphatic rings. The first kappa shape index (κ1) is 15.6. The van der Waals surface area contributed by atoms with Gasteiger partial charge in [0, 0.05) is 10.6 Å². The Morgan fingerprint density at radius 3 is 2.44 bits per heavy atom. The number of nitrogens with zero attached hydrogens (tertiary/aromatic N) is 4. The van der Waals surface area contributed by atoms with E-state index in [1.54, 1.807) is 0 Å². The molecule has 0 saturated heterocycles. The van der Waals surface area contributed by atoms with Crippen LogP contribution in [-0.4, -0.2) is 19.7 Å². The molecule has 124 valence electrons. The van der Waals surface area contributed by atoms with Gasteiger partial charge >= 0.3 is 0 Å². The van der Waals surface area contributed by atoms with Crippen molar-refractivity contribution in [1.29, 1.82) is 0 Å². The summed E-state index contributed by atoms with van der Waals surface area (Å²) in [6, 6.07) is 17.5. The van der Waals surface area contributed by atoms with Crippen LogP contribution in [0.2, 0.25) is 5.02 Å². The Balaban J connectivity index is 1.82. The van der Waals surface area contributed by atoms with Gasteiger partial charge in [0.25, 0.3) is 0 Å². The van der Waals surface area contributed by atoms with Crippen molar-refractivity contribution < 1.29 is 0 Å². The molecule has 0 saturated carbocycles. The zero-order valence-corrected chi connectivity index (χ0v) is 14.4. The van der Waals surface area contributed by atoms with Gasteiger partial charge in [-0.3, -0.25) is 0 Å². The Kier molecular flexibility index (Phi) is 3.86. The second-order valence-corrected chi connectivity index (χ2v) is 6.30. The second kappa shape index (κ2) is 6.18. The van der Waals surface area contributed by atoms with Crippen LogP contribution in [0.25, 0.3) is 22.4 Å². The van der Waals surface area contributed by atoms with Crippen molar-refractivity contribution in [2.75, 3.05) is 5.73 Å². The molecule has 5 nitrogen and oxygen atoms in total. The largest absolute Gasteiger partial charge is 0.382 e. The zero-order valence-electron chi connectivity index (χ0n) is 13.6. The number of anilines is 1. The number of aryl methyl sites for hydroxylation is 1. The fraction of sp³-hybridized carbons (Fsp3) is 0.105. The molecule has 0 amide bonds. The molecule has 0 unspecified atom stereocenters. The molecule has 2 N–H and O–H groups in total. The number of halogens is 1. The predicted molar refractivity (Wildman–Crippen MR) is 100 cm³/mol. The molecular weight excluding hydrogens is 334 g/mol. The molecule has 0 atom stereocenters. The summed E-state index contributed by atoms with van der Waals surface area (Å²) in [7, 11) is 0. The van der Waals surface area contributed by atoms with Crippen molar-refractivity contribution in [3.05, 3.63) is 70.9 Å². The Morgan fingerprint density at radius 1 is 1.00 bits per heavy atom. The van der Waals surface area contributed by atoms with Gasteiger partial charge in [0.2, 0.25) is 0 Å². The van der Waals surface area contributed by atoms with Gasteiger partial charge in [0.1, 0.15) is 11.2 Å². The van der Waals surface area contributed by atoms with Crippen molar-refractivity contribution in [1.82, 2.24) is 19.7 Å². The van der Waals surface area contributed by atoms with Crippen LogP contribution in [0.1, 0.15) is 11.3 Å². The van der Waals surface area contributed by atoms with E-state index < -0.39 is 0 Å². The van der Waals surface area contributed by atoms with Crippen molar-refractivity contribution in [2.24, 2.45) is 0 Å². The SMILES string of the molecule is Cc1nn(Cc2ccccc2)c2nc(N)c(-c3ccc(Cl)cc3)nc12. The molecule has 0 radical (unpaired) electrons. The van der Waals surface area contributed by atoms with Crippen molar-refractivity contribution >= 4 is 28.6 Å². The number of nitrogen functional groups attached to an aromatic ring is 1. The van der Waals surface area contributed by atoms with Crippen molar-refractivity contribution in [3.63, 3.8) is 0 Å². The number of fused-ring (bicyclic) bond motifs is 1. The van der Waals surface area contributed by atoms with E-state index in [4.69, 9.17) is 22.3 Å². The quantitative estimate of drug-likeness (QED) is 0.605. The first-order valence-corrected chi connectivity index (χ1v) is 8.30. The van der Waals surface area contributed by atoms with Gasteiger partial charge in [0.15, 0.2) is 11.5 Å². The first-order valence-electron chi connectivity index (χ1n) is 7.92. The van der Waals surface area contributed by atoms with E-state index in [0.29, 0.717) is 28.7 Å². The Morgan fingerprint density at radius 2 is 1.72 bits per heavy atom. The Bertz CT molecular complexity index is 1040. The summed E-state index contributed by atoms with van der Waals surface area (Å²) in [5, 5.41) is 5.26. The van der Waals surface area contributed by atoms with E-state index in [2.05, 4.69) is 22.2 Å². The maximum Gasteiger partial charge on any atom is 0.179 e. The van der Waals surface area contributed by atoms with Crippen molar-refractivity contribution in [3.8, 4) is 11.3 Å². The summed E-state index contributed by atoms with van der Waals surface area (Å²) >= 11 is 5.96. The van der Waals surface area contributed by atoms with Gasteiger partial charge in [-0.25, -0.2) is 14.6 Å². The lowest BCUT2D eigenvalue weighted by Crippen LogP contribution is -2.05. The highest BCUT2D eigenvalue weighted by Crippen LogP contribution is 2.27. The Hall–Kier alpha value is -2.92. The zero-order chi connectivity index (χ0) is 17.4. The summed E-state index contributed by atoms with van der Waals surface area (Å²) in [6.45, 7) is 2.56. The summed E-state index contributed by atoms with van der Waals surface area (Å²) in [4.78, 5) is 9.30. The summed E-state index contributed by atoms with van der Waals surface area (Å²) < 4.78 is 1.84. The number of hydrogen-bond donors (Lipinski definition) is 1. The summed E-state index contributed by atoms with van der Waals surface area (Å²) in [5.41, 5.74) is 11.1. The van der Waals surface area contributed by atoms with Gasteiger partial charge < -0.3 is 5.73 Å². The summed E-state index contributed by atoms with van der Waals surface area (Å²) in [5.74, 6) is 0.379. The van der Waals surface area contributed by atoms with Crippen LogP contribution < -0.4 is 5.73 Å². The molecule has 2 aromatic heterocycles. The highest BCUT2D eigenvalue weighted by molar-refractivity contribution is 6.30. The van der Waals surface area contributed by atoms with Crippen LogP contribution >= 0.6 is 11.6 Å². The van der Waals surface area contributed by atoms with Gasteiger partial charge in [-0.2, -0.15) is 5.10 Å². The lowest BCUT2D eigenvalue weighted by atomic mass is 10.1. The maximum atomic E-state index is 6.18. The number of nitrogens with two attached hydrogens (primary N) is 1. The minimum Gasteiger partial charge on any atom is -0.382 e. The lowest BCUT2D eigenvalue weighted by molar-refractivity contribution is 0.696. The average molecular weight is 350 g/mol. The molecule has 25 heavy (non-hydrogen) atoms. The van der Waals surface area contributed by atoms with E-state index in [9.17, 15) is 0 Å². The molecule has 0 fully saturated rings. The topological polar surface area (TPSA) is 69.6 Å². The molecule has 2 heterocycles. The van der Waals surface area contributed by atoms with E-state index in [1.807, 2.05) is 54.1 Å². The normalized spacial score (nSPS) is 11.1. The maximum absolute atomic E-state index is 6.18. The fourth-order valence-corrected chi connectivity index (χ4v) is 2.95. The number of aromatic nitrogens is 4. The third-order valence-electron chi connectivity index (χ3n) is 4.06. The first-order chi connectivity index (χ1) is 12.1. The molecule has 0 bridgehead atoms. The number of rotatable bonds is 3. The van der Waals surface area contributed by atoms with Crippen LogP contribution in [0, 0.1) is 6.92 Å². The van der Waals surface area contributed by atoms with Crippen molar-refractivity contribution in [2.45, 2.75) is 13.5 Å². The smallest absolute Gasteiger partial charge is 0.179 e. The number of hydrogen-bond acceptors (Lipinski definition) is 4. The van der Waals surface area contributed by atoms with Crippen LogP contribution in [0.3, 0.4) is 0 Å². The minimum atomic E-state index is 0.379.